The topological polar surface area (TPSA) is 111 Å². The van der Waals surface area contributed by atoms with Gasteiger partial charge in [-0.1, -0.05) is 12.1 Å². The van der Waals surface area contributed by atoms with E-state index in [0.29, 0.717) is 0 Å². The van der Waals surface area contributed by atoms with E-state index in [9.17, 15) is 18.5 Å². The van der Waals surface area contributed by atoms with Gasteiger partial charge in [0.15, 0.2) is 0 Å². The molecule has 10 heteroatoms. The Labute approximate surface area is 156 Å². The van der Waals surface area contributed by atoms with Gasteiger partial charge in [0, 0.05) is 25.2 Å². The quantitative estimate of drug-likeness (QED) is 0.475. The van der Waals surface area contributed by atoms with Gasteiger partial charge in [0.2, 0.25) is 10.0 Å². The first kappa shape index (κ1) is 18.7. The van der Waals surface area contributed by atoms with Gasteiger partial charge >= 0.3 is 0 Å². The van der Waals surface area contributed by atoms with Crippen molar-refractivity contribution in [1.82, 2.24) is 19.1 Å². The number of aromatic nitrogens is 3. The van der Waals surface area contributed by atoms with Crippen LogP contribution in [-0.2, 0) is 10.0 Å². The summed E-state index contributed by atoms with van der Waals surface area (Å²) in [5, 5.41) is 14.8. The van der Waals surface area contributed by atoms with E-state index in [4.69, 9.17) is 0 Å². The first-order valence-corrected chi connectivity index (χ1v) is 9.42. The van der Waals surface area contributed by atoms with Crippen LogP contribution < -0.4 is 0 Å². The van der Waals surface area contributed by atoms with Crippen molar-refractivity contribution in [3.05, 3.63) is 76.9 Å². The molecule has 0 amide bonds. The molecular formula is C17H17N5O4S. The van der Waals surface area contributed by atoms with Crippen molar-refractivity contribution in [3.8, 4) is 5.69 Å². The Balaban J connectivity index is 1.83. The molecule has 0 spiro atoms. The SMILES string of the molecule is CC(c1ccc(-n2cncn2)cc1)N(C)S(=O)(=O)c1ccc([N+](=O)[O-])cc1. The fourth-order valence-corrected chi connectivity index (χ4v) is 3.92. The standard InChI is InChI=1S/C17H17N5O4S/c1-13(14-3-5-15(6-4-14)21-12-18-11-19-21)20(2)27(25,26)17-9-7-16(8-10-17)22(23)24/h3-13H,1-2H3. The zero-order valence-corrected chi connectivity index (χ0v) is 15.4. The van der Waals surface area contributed by atoms with Crippen LogP contribution >= 0.6 is 0 Å². The molecule has 1 atom stereocenters. The van der Waals surface area contributed by atoms with Crippen LogP contribution in [0.15, 0.2) is 66.1 Å². The van der Waals surface area contributed by atoms with Crippen molar-refractivity contribution in [3.63, 3.8) is 0 Å². The van der Waals surface area contributed by atoms with E-state index < -0.39 is 21.0 Å². The van der Waals surface area contributed by atoms with Gasteiger partial charge in [-0.05, 0) is 36.8 Å². The Kier molecular flexibility index (Phi) is 5.02. The molecule has 140 valence electrons. The molecule has 0 aliphatic rings. The van der Waals surface area contributed by atoms with Gasteiger partial charge in [-0.2, -0.15) is 9.40 Å². The lowest BCUT2D eigenvalue weighted by Crippen LogP contribution is -2.29. The molecule has 0 fully saturated rings. The maximum absolute atomic E-state index is 12.8. The average molecular weight is 387 g/mol. The largest absolute Gasteiger partial charge is 0.269 e. The van der Waals surface area contributed by atoms with E-state index in [2.05, 4.69) is 10.1 Å². The van der Waals surface area contributed by atoms with Crippen LogP contribution in [0.2, 0.25) is 0 Å². The Morgan fingerprint density at radius 3 is 2.26 bits per heavy atom. The molecule has 3 aromatic rings. The minimum Gasteiger partial charge on any atom is -0.258 e. The molecule has 1 heterocycles. The minimum atomic E-state index is -3.80. The second kappa shape index (κ2) is 7.25. The van der Waals surface area contributed by atoms with Gasteiger partial charge in [0.1, 0.15) is 12.7 Å². The first-order chi connectivity index (χ1) is 12.8. The molecule has 27 heavy (non-hydrogen) atoms. The summed E-state index contributed by atoms with van der Waals surface area (Å²) in [6.07, 6.45) is 3.00. The molecule has 1 aromatic heterocycles. The molecule has 0 aliphatic carbocycles. The molecule has 0 N–H and O–H groups in total. The van der Waals surface area contributed by atoms with Crippen molar-refractivity contribution in [1.29, 1.82) is 0 Å². The predicted molar refractivity (Wildman–Crippen MR) is 97.8 cm³/mol. The lowest BCUT2D eigenvalue weighted by Gasteiger charge is -2.24. The fourth-order valence-electron chi connectivity index (χ4n) is 2.57. The highest BCUT2D eigenvalue weighted by Crippen LogP contribution is 2.27. The van der Waals surface area contributed by atoms with E-state index in [1.54, 1.807) is 17.9 Å². The minimum absolute atomic E-state index is 0.00156. The van der Waals surface area contributed by atoms with E-state index in [1.165, 1.54) is 41.9 Å². The van der Waals surface area contributed by atoms with Crippen LogP contribution in [0.1, 0.15) is 18.5 Å². The number of rotatable bonds is 6. The fraction of sp³-hybridized carbons (Fsp3) is 0.176. The molecule has 2 aromatic carbocycles. The summed E-state index contributed by atoms with van der Waals surface area (Å²) >= 11 is 0. The monoisotopic (exact) mass is 387 g/mol. The third-order valence-corrected chi connectivity index (χ3v) is 6.27. The molecule has 0 saturated carbocycles. The van der Waals surface area contributed by atoms with Crippen LogP contribution in [0, 0.1) is 10.1 Å². The number of nitrogens with zero attached hydrogens (tertiary/aromatic N) is 5. The Morgan fingerprint density at radius 1 is 1.11 bits per heavy atom. The van der Waals surface area contributed by atoms with Crippen molar-refractivity contribution in [2.45, 2.75) is 17.9 Å². The smallest absolute Gasteiger partial charge is 0.258 e. The number of hydrogen-bond donors (Lipinski definition) is 0. The lowest BCUT2D eigenvalue weighted by atomic mass is 10.1. The van der Waals surface area contributed by atoms with Crippen molar-refractivity contribution < 1.29 is 13.3 Å². The van der Waals surface area contributed by atoms with Gasteiger partial charge in [0.25, 0.3) is 5.69 Å². The molecule has 0 radical (unpaired) electrons. The van der Waals surface area contributed by atoms with E-state index in [1.807, 2.05) is 24.3 Å². The number of nitro benzene ring substituents is 1. The number of nitro groups is 1. The number of sulfonamides is 1. The van der Waals surface area contributed by atoms with Crippen LogP contribution in [0.4, 0.5) is 5.69 Å². The second-order valence-electron chi connectivity index (χ2n) is 5.88. The van der Waals surface area contributed by atoms with Gasteiger partial charge in [-0.15, -0.1) is 0 Å². The van der Waals surface area contributed by atoms with Crippen molar-refractivity contribution in [2.75, 3.05) is 7.05 Å². The van der Waals surface area contributed by atoms with E-state index in [-0.39, 0.29) is 10.6 Å². The average Bonchev–Trinajstić information content (AvgIpc) is 3.21. The maximum Gasteiger partial charge on any atom is 0.269 e. The summed E-state index contributed by atoms with van der Waals surface area (Å²) < 4.78 is 28.5. The molecule has 0 saturated heterocycles. The Bertz CT molecular complexity index is 1030. The normalized spacial score (nSPS) is 12.9. The van der Waals surface area contributed by atoms with Crippen molar-refractivity contribution in [2.24, 2.45) is 0 Å². The van der Waals surface area contributed by atoms with Crippen LogP contribution in [0.3, 0.4) is 0 Å². The van der Waals surface area contributed by atoms with Gasteiger partial charge in [-0.25, -0.2) is 18.1 Å². The number of hydrogen-bond acceptors (Lipinski definition) is 6. The summed E-state index contributed by atoms with van der Waals surface area (Å²) in [6, 6.07) is 11.7. The summed E-state index contributed by atoms with van der Waals surface area (Å²) in [6.45, 7) is 1.77. The molecule has 0 bridgehead atoms. The van der Waals surface area contributed by atoms with Crippen LogP contribution in [0.25, 0.3) is 5.69 Å². The highest BCUT2D eigenvalue weighted by Gasteiger charge is 2.26. The van der Waals surface area contributed by atoms with E-state index in [0.717, 1.165) is 11.3 Å². The molecule has 3 rings (SSSR count). The molecular weight excluding hydrogens is 370 g/mol. The van der Waals surface area contributed by atoms with Gasteiger partial charge < -0.3 is 0 Å². The third-order valence-electron chi connectivity index (χ3n) is 4.33. The Hall–Kier alpha value is -3.11. The first-order valence-electron chi connectivity index (χ1n) is 7.98. The molecule has 1 unspecified atom stereocenters. The highest BCUT2D eigenvalue weighted by molar-refractivity contribution is 7.89. The van der Waals surface area contributed by atoms with Gasteiger partial charge in [0.05, 0.1) is 15.5 Å². The van der Waals surface area contributed by atoms with Crippen LogP contribution in [0.5, 0.6) is 0 Å². The number of benzene rings is 2. The zero-order valence-electron chi connectivity index (χ0n) is 14.6. The van der Waals surface area contributed by atoms with Gasteiger partial charge in [-0.3, -0.25) is 10.1 Å². The highest BCUT2D eigenvalue weighted by atomic mass is 32.2. The summed E-state index contributed by atoms with van der Waals surface area (Å²) in [4.78, 5) is 14.1. The predicted octanol–water partition coefficient (Wildman–Crippen LogP) is 2.56. The zero-order chi connectivity index (χ0) is 19.6. The number of non-ortho nitro benzene ring substituents is 1. The molecule has 9 nitrogen and oxygen atoms in total. The lowest BCUT2D eigenvalue weighted by molar-refractivity contribution is -0.384. The van der Waals surface area contributed by atoms with E-state index >= 15 is 0 Å². The van der Waals surface area contributed by atoms with Crippen LogP contribution in [-0.4, -0.2) is 39.5 Å². The third kappa shape index (κ3) is 3.71. The second-order valence-corrected chi connectivity index (χ2v) is 7.88. The summed E-state index contributed by atoms with van der Waals surface area (Å²) in [5.74, 6) is 0. The summed E-state index contributed by atoms with van der Waals surface area (Å²) in [5.41, 5.74) is 1.45. The maximum atomic E-state index is 12.8. The Morgan fingerprint density at radius 2 is 1.74 bits per heavy atom. The molecule has 0 aliphatic heterocycles. The summed E-state index contributed by atoms with van der Waals surface area (Å²) in [7, 11) is -2.32. The van der Waals surface area contributed by atoms with Crippen molar-refractivity contribution >= 4 is 15.7 Å².